The molecule has 0 aromatic rings. The van der Waals surface area contributed by atoms with Crippen LogP contribution in [-0.2, 0) is 9.59 Å². The molecule has 0 aromatic carbocycles. The first-order valence-electron chi connectivity index (χ1n) is 6.38. The summed E-state index contributed by atoms with van der Waals surface area (Å²) < 4.78 is 0.455. The van der Waals surface area contributed by atoms with E-state index in [0.29, 0.717) is 17.4 Å². The van der Waals surface area contributed by atoms with Gasteiger partial charge >= 0.3 is 5.97 Å². The zero-order valence-corrected chi connectivity index (χ0v) is 12.3. The number of carbonyl (C=O) groups excluding carboxylic acids is 1. The average molecular weight is 282 g/mol. The van der Waals surface area contributed by atoms with Gasteiger partial charge in [0, 0.05) is 6.42 Å². The lowest BCUT2D eigenvalue weighted by molar-refractivity contribution is -0.876. The Labute approximate surface area is 120 Å². The van der Waals surface area contributed by atoms with E-state index in [2.05, 4.69) is 0 Å². The molecule has 0 aromatic heterocycles. The van der Waals surface area contributed by atoms with E-state index in [1.807, 2.05) is 21.1 Å². The van der Waals surface area contributed by atoms with Crippen LogP contribution in [0.1, 0.15) is 12.8 Å². The zero-order valence-electron chi connectivity index (χ0n) is 12.3. The third kappa shape index (κ3) is 10.2. The lowest BCUT2D eigenvalue weighted by Crippen LogP contribution is -2.49. The number of aliphatic carboxylic acids is 1. The number of carboxylic acid groups (broad SMARTS) is 1. The fourth-order valence-electron chi connectivity index (χ4n) is 1.83. The van der Waals surface area contributed by atoms with Gasteiger partial charge in [-0.1, -0.05) is 30.4 Å². The highest BCUT2D eigenvalue weighted by molar-refractivity contribution is 5.68. The first kappa shape index (κ1) is 18.3. The van der Waals surface area contributed by atoms with Crippen LogP contribution in [0.4, 0.5) is 0 Å². The molecule has 0 aliphatic rings. The normalized spacial score (nSPS) is 16.0. The molecule has 0 heterocycles. The summed E-state index contributed by atoms with van der Waals surface area (Å²) in [6.07, 6.45) is 10.7. The molecule has 0 aliphatic carbocycles. The molecule has 0 amide bonds. The summed E-state index contributed by atoms with van der Waals surface area (Å²) in [6, 6.07) is 0. The van der Waals surface area contributed by atoms with Crippen LogP contribution in [0.3, 0.4) is 0 Å². The van der Waals surface area contributed by atoms with Gasteiger partial charge in [0.15, 0.2) is 0 Å². The molecule has 0 saturated heterocycles. The Morgan fingerprint density at radius 1 is 1.15 bits per heavy atom. The van der Waals surface area contributed by atoms with Crippen molar-refractivity contribution in [3.63, 3.8) is 0 Å². The molecule has 5 nitrogen and oxygen atoms in total. The number of carbonyl (C=O) groups is 2. The van der Waals surface area contributed by atoms with Gasteiger partial charge in [-0.05, 0) is 6.08 Å². The van der Waals surface area contributed by atoms with Crippen molar-refractivity contribution in [1.29, 1.82) is 0 Å². The Hall–Kier alpha value is -1.72. The number of hydrogen-bond acceptors (Lipinski definition) is 3. The highest BCUT2D eigenvalue weighted by atomic mass is 16.4. The minimum absolute atomic E-state index is 0.296. The third-order valence-corrected chi connectivity index (χ3v) is 2.31. The van der Waals surface area contributed by atoms with Gasteiger partial charge in [0.2, 0.25) is 0 Å². The summed E-state index contributed by atoms with van der Waals surface area (Å²) in [5.74, 6) is -1.04. The quantitative estimate of drug-likeness (QED) is 0.378. The van der Waals surface area contributed by atoms with Gasteiger partial charge in [0.05, 0.1) is 27.6 Å². The maximum absolute atomic E-state index is 10.8. The highest BCUT2D eigenvalue weighted by Crippen LogP contribution is 2.16. The topological polar surface area (TPSA) is 74.6 Å². The van der Waals surface area contributed by atoms with Gasteiger partial charge in [0.25, 0.3) is 0 Å². The smallest absolute Gasteiger partial charge is 0.306 e. The van der Waals surface area contributed by atoms with Gasteiger partial charge in [-0.3, -0.25) is 4.79 Å². The molecule has 0 radical (unpaired) electrons. The van der Waals surface area contributed by atoms with E-state index < -0.39 is 11.6 Å². The third-order valence-electron chi connectivity index (χ3n) is 2.31. The molecule has 0 bridgehead atoms. The van der Waals surface area contributed by atoms with Crippen LogP contribution in [0.2, 0.25) is 0 Å². The fraction of sp³-hybridized carbons (Fsp3) is 0.467. The second-order valence-corrected chi connectivity index (χ2v) is 5.70. The SMILES string of the molecule is C[N+](C)(C)CC(O)(C=CC=CC=CCC=O)CC(=O)O. The van der Waals surface area contributed by atoms with E-state index in [-0.39, 0.29) is 6.42 Å². The molecular formula is C15H24NO4+. The predicted molar refractivity (Wildman–Crippen MR) is 78.2 cm³/mol. The lowest BCUT2D eigenvalue weighted by atomic mass is 9.97. The Morgan fingerprint density at radius 2 is 1.75 bits per heavy atom. The van der Waals surface area contributed by atoms with E-state index in [1.165, 1.54) is 6.08 Å². The van der Waals surface area contributed by atoms with Crippen LogP contribution >= 0.6 is 0 Å². The summed E-state index contributed by atoms with van der Waals surface area (Å²) in [5.41, 5.74) is -1.39. The zero-order chi connectivity index (χ0) is 15.6. The molecular weight excluding hydrogens is 258 g/mol. The van der Waals surface area contributed by atoms with Crippen LogP contribution in [0, 0.1) is 0 Å². The van der Waals surface area contributed by atoms with Crippen LogP contribution < -0.4 is 0 Å². The number of aliphatic hydroxyl groups is 1. The molecule has 1 atom stereocenters. The minimum Gasteiger partial charge on any atom is -0.481 e. The van der Waals surface area contributed by atoms with Crippen LogP contribution in [0.15, 0.2) is 36.5 Å². The van der Waals surface area contributed by atoms with Crippen molar-refractivity contribution in [1.82, 2.24) is 0 Å². The van der Waals surface area contributed by atoms with E-state index >= 15 is 0 Å². The standard InChI is InChI=1S/C15H23NO4/c1-16(2,3)13-15(20,12-14(18)19)10-8-6-4-5-7-9-11-17/h4-8,10-11,20H,9,12-13H2,1-3H3/p+1. The van der Waals surface area contributed by atoms with Crippen molar-refractivity contribution < 1.29 is 24.3 Å². The van der Waals surface area contributed by atoms with E-state index in [1.54, 1.807) is 30.4 Å². The summed E-state index contributed by atoms with van der Waals surface area (Å²) >= 11 is 0. The number of likely N-dealkylation sites (N-methyl/N-ethyl adjacent to an activating group) is 1. The fourth-order valence-corrected chi connectivity index (χ4v) is 1.83. The predicted octanol–water partition coefficient (Wildman–Crippen LogP) is 1.16. The van der Waals surface area contributed by atoms with Gasteiger partial charge in [-0.15, -0.1) is 0 Å². The molecule has 1 unspecified atom stereocenters. The maximum Gasteiger partial charge on any atom is 0.306 e. The second-order valence-electron chi connectivity index (χ2n) is 5.70. The average Bonchev–Trinajstić information content (AvgIpc) is 2.23. The molecule has 0 spiro atoms. The van der Waals surface area contributed by atoms with Crippen LogP contribution in [0.5, 0.6) is 0 Å². The Balaban J connectivity index is 4.72. The lowest BCUT2D eigenvalue weighted by Gasteiger charge is -2.32. The molecule has 0 saturated carbocycles. The van der Waals surface area contributed by atoms with E-state index in [9.17, 15) is 14.7 Å². The summed E-state index contributed by atoms with van der Waals surface area (Å²) in [7, 11) is 5.66. The first-order valence-corrected chi connectivity index (χ1v) is 6.38. The molecule has 0 fully saturated rings. The molecule has 112 valence electrons. The van der Waals surface area contributed by atoms with Crippen molar-refractivity contribution in [2.45, 2.75) is 18.4 Å². The number of allylic oxidation sites excluding steroid dienone is 5. The van der Waals surface area contributed by atoms with Gasteiger partial charge in [-0.25, -0.2) is 0 Å². The number of aldehydes is 1. The Morgan fingerprint density at radius 3 is 2.25 bits per heavy atom. The van der Waals surface area contributed by atoms with E-state index in [4.69, 9.17) is 5.11 Å². The largest absolute Gasteiger partial charge is 0.481 e. The number of rotatable bonds is 9. The van der Waals surface area contributed by atoms with Crippen LogP contribution in [0.25, 0.3) is 0 Å². The van der Waals surface area contributed by atoms with Crippen molar-refractivity contribution in [2.24, 2.45) is 0 Å². The van der Waals surface area contributed by atoms with Crippen molar-refractivity contribution in [3.8, 4) is 0 Å². The van der Waals surface area contributed by atoms with Crippen molar-refractivity contribution in [2.75, 3.05) is 27.7 Å². The van der Waals surface area contributed by atoms with Crippen molar-refractivity contribution in [3.05, 3.63) is 36.5 Å². The number of nitrogens with zero attached hydrogens (tertiary/aromatic N) is 1. The van der Waals surface area contributed by atoms with Crippen molar-refractivity contribution >= 4 is 12.3 Å². The van der Waals surface area contributed by atoms with Gasteiger partial charge < -0.3 is 19.5 Å². The maximum atomic E-state index is 10.8. The summed E-state index contributed by atoms with van der Waals surface area (Å²) in [6.45, 7) is 0.296. The second kappa shape index (κ2) is 8.45. The highest BCUT2D eigenvalue weighted by Gasteiger charge is 2.33. The molecule has 20 heavy (non-hydrogen) atoms. The first-order chi connectivity index (χ1) is 9.18. The summed E-state index contributed by atoms with van der Waals surface area (Å²) in [5, 5.41) is 19.3. The van der Waals surface area contributed by atoms with Gasteiger partial charge in [-0.2, -0.15) is 0 Å². The Bertz CT molecular complexity index is 405. The number of quaternary nitrogens is 1. The monoisotopic (exact) mass is 282 g/mol. The summed E-state index contributed by atoms with van der Waals surface area (Å²) in [4.78, 5) is 20.9. The Kier molecular flexibility index (Phi) is 7.72. The van der Waals surface area contributed by atoms with Crippen LogP contribution in [-0.4, -0.2) is 60.2 Å². The number of hydrogen-bond donors (Lipinski definition) is 2. The molecule has 5 heteroatoms. The minimum atomic E-state index is -1.39. The van der Waals surface area contributed by atoms with E-state index in [0.717, 1.165) is 6.29 Å². The number of carboxylic acids is 1. The van der Waals surface area contributed by atoms with Gasteiger partial charge in [0.1, 0.15) is 18.4 Å². The molecule has 0 aliphatic heterocycles. The molecule has 0 rings (SSSR count). The molecule has 2 N–H and O–H groups in total.